The molecule has 1 N–H and O–H groups in total. The number of aliphatic hydroxyl groups excluding tert-OH is 1. The van der Waals surface area contributed by atoms with Gasteiger partial charge < -0.3 is 5.11 Å². The molecule has 0 spiro atoms. The predicted molar refractivity (Wildman–Crippen MR) is 75.7 cm³/mol. The van der Waals surface area contributed by atoms with Gasteiger partial charge in [-0.15, -0.1) is 0 Å². The van der Waals surface area contributed by atoms with Crippen molar-refractivity contribution in [1.82, 2.24) is 0 Å². The molecule has 2 nitrogen and oxygen atoms in total. The second-order valence-electron chi connectivity index (χ2n) is 7.45. The number of Topliss-reactive ketones (excluding diaryl/α,β-unsaturated/α-hetero) is 1. The first-order valence-electron chi connectivity index (χ1n) is 7.81. The Kier molecular flexibility index (Phi) is 2.94. The van der Waals surface area contributed by atoms with Crippen LogP contribution < -0.4 is 0 Å². The van der Waals surface area contributed by atoms with Crippen molar-refractivity contribution in [3.63, 3.8) is 0 Å². The van der Waals surface area contributed by atoms with Gasteiger partial charge in [-0.05, 0) is 43.4 Å². The molecule has 0 aliphatic heterocycles. The van der Waals surface area contributed by atoms with Crippen molar-refractivity contribution in [3.05, 3.63) is 11.6 Å². The highest BCUT2D eigenvalue weighted by atomic mass is 16.3. The number of allylic oxidation sites excluding steroid dienone is 1. The Labute approximate surface area is 116 Å². The van der Waals surface area contributed by atoms with Crippen LogP contribution in [0.4, 0.5) is 0 Å². The van der Waals surface area contributed by atoms with Gasteiger partial charge in [0, 0.05) is 17.8 Å². The largest absolute Gasteiger partial charge is 0.392 e. The van der Waals surface area contributed by atoms with Crippen molar-refractivity contribution < 1.29 is 9.90 Å². The Balaban J connectivity index is 2.04. The van der Waals surface area contributed by atoms with Crippen LogP contribution in [-0.4, -0.2) is 17.0 Å². The van der Waals surface area contributed by atoms with Crippen LogP contribution in [-0.2, 0) is 4.79 Å². The maximum absolute atomic E-state index is 12.0. The lowest BCUT2D eigenvalue weighted by Crippen LogP contribution is -2.53. The molecule has 0 amide bonds. The molecule has 0 aromatic carbocycles. The predicted octanol–water partition coefficient (Wildman–Crippen LogP) is 3.49. The van der Waals surface area contributed by atoms with Crippen molar-refractivity contribution in [2.24, 2.45) is 22.7 Å². The second kappa shape index (κ2) is 4.18. The number of ketones is 1. The lowest BCUT2D eigenvalue weighted by atomic mass is 9.46. The van der Waals surface area contributed by atoms with Gasteiger partial charge >= 0.3 is 0 Å². The third-order valence-electron chi connectivity index (χ3n) is 6.55. The fourth-order valence-corrected chi connectivity index (χ4v) is 5.23. The first-order valence-corrected chi connectivity index (χ1v) is 7.81. The van der Waals surface area contributed by atoms with Gasteiger partial charge in [0.05, 0.1) is 6.10 Å². The molecule has 0 aromatic rings. The van der Waals surface area contributed by atoms with Crippen LogP contribution in [0.15, 0.2) is 11.6 Å². The first-order chi connectivity index (χ1) is 8.89. The number of hydrogen-bond donors (Lipinski definition) is 1. The van der Waals surface area contributed by atoms with Crippen molar-refractivity contribution in [2.45, 2.75) is 65.4 Å². The molecule has 3 aliphatic carbocycles. The zero-order valence-corrected chi connectivity index (χ0v) is 12.4. The highest BCUT2D eigenvalue weighted by Crippen LogP contribution is 2.62. The summed E-state index contributed by atoms with van der Waals surface area (Å²) in [5.41, 5.74) is 1.57. The van der Waals surface area contributed by atoms with E-state index in [1.807, 2.05) is 0 Å². The molecule has 0 aromatic heterocycles. The summed E-state index contributed by atoms with van der Waals surface area (Å²) in [5.74, 6) is 1.13. The van der Waals surface area contributed by atoms with E-state index in [9.17, 15) is 9.90 Å². The third kappa shape index (κ3) is 1.68. The van der Waals surface area contributed by atoms with Crippen molar-refractivity contribution in [1.29, 1.82) is 0 Å². The molecule has 0 radical (unpaired) electrons. The van der Waals surface area contributed by atoms with E-state index < -0.39 is 0 Å². The Bertz CT molecular complexity index is 439. The summed E-state index contributed by atoms with van der Waals surface area (Å²) < 4.78 is 0. The molecule has 0 bridgehead atoms. The first kappa shape index (κ1) is 13.4. The third-order valence-corrected chi connectivity index (χ3v) is 6.55. The Morgan fingerprint density at radius 1 is 1.21 bits per heavy atom. The quantitative estimate of drug-likeness (QED) is 0.679. The maximum Gasteiger partial charge on any atom is 0.136 e. The van der Waals surface area contributed by atoms with Gasteiger partial charge in [-0.3, -0.25) is 4.79 Å². The maximum atomic E-state index is 12.0. The molecule has 2 fully saturated rings. The Morgan fingerprint density at radius 3 is 2.68 bits per heavy atom. The monoisotopic (exact) mass is 262 g/mol. The summed E-state index contributed by atoms with van der Waals surface area (Å²) in [5, 5.41) is 10.5. The molecule has 3 rings (SSSR count). The minimum atomic E-state index is -0.196. The van der Waals surface area contributed by atoms with Crippen molar-refractivity contribution in [3.8, 4) is 0 Å². The van der Waals surface area contributed by atoms with E-state index in [4.69, 9.17) is 0 Å². The molecule has 5 atom stereocenters. The zero-order valence-electron chi connectivity index (χ0n) is 12.4. The summed E-state index contributed by atoms with van der Waals surface area (Å²) in [4.78, 5) is 12.0. The molecular weight excluding hydrogens is 236 g/mol. The van der Waals surface area contributed by atoms with E-state index >= 15 is 0 Å². The number of carbonyl (C=O) groups is 1. The van der Waals surface area contributed by atoms with Crippen molar-refractivity contribution >= 4 is 5.78 Å². The minimum absolute atomic E-state index is 0.0381. The normalized spacial score (nSPS) is 50.2. The summed E-state index contributed by atoms with van der Waals surface area (Å²) in [7, 11) is 0. The lowest BCUT2D eigenvalue weighted by molar-refractivity contribution is -0.133. The molecule has 4 unspecified atom stereocenters. The fraction of sp³-hybridized carbons (Fsp3) is 0.824. The Morgan fingerprint density at radius 2 is 1.95 bits per heavy atom. The van der Waals surface area contributed by atoms with E-state index in [0.717, 1.165) is 38.5 Å². The number of aliphatic hydroxyl groups is 1. The SMILES string of the molecule is CC1C(=O)CC[C@]2(C)C3=CCCC(O)C3(C)CCC12. The highest BCUT2D eigenvalue weighted by molar-refractivity contribution is 5.82. The number of carbonyl (C=O) groups excluding carboxylic acids is 1. The summed E-state index contributed by atoms with van der Waals surface area (Å²) >= 11 is 0. The molecule has 3 aliphatic rings. The topological polar surface area (TPSA) is 37.3 Å². The van der Waals surface area contributed by atoms with Gasteiger partial charge in [0.2, 0.25) is 0 Å². The molecule has 2 heteroatoms. The van der Waals surface area contributed by atoms with Crippen LogP contribution in [0.3, 0.4) is 0 Å². The zero-order chi connectivity index (χ0) is 13.8. The van der Waals surface area contributed by atoms with Gasteiger partial charge in [0.25, 0.3) is 0 Å². The lowest BCUT2D eigenvalue weighted by Gasteiger charge is -2.58. The van der Waals surface area contributed by atoms with Crippen LogP contribution >= 0.6 is 0 Å². The summed E-state index contributed by atoms with van der Waals surface area (Å²) in [6.45, 7) is 6.71. The molecule has 19 heavy (non-hydrogen) atoms. The van der Waals surface area contributed by atoms with E-state index in [2.05, 4.69) is 26.8 Å². The number of fused-ring (bicyclic) bond motifs is 3. The van der Waals surface area contributed by atoms with Crippen LogP contribution in [0, 0.1) is 22.7 Å². The highest BCUT2D eigenvalue weighted by Gasteiger charge is 2.56. The average Bonchev–Trinajstić information content (AvgIpc) is 2.37. The van der Waals surface area contributed by atoms with Crippen LogP contribution in [0.2, 0.25) is 0 Å². The van der Waals surface area contributed by atoms with Crippen LogP contribution in [0.5, 0.6) is 0 Å². The van der Waals surface area contributed by atoms with E-state index in [0.29, 0.717) is 11.7 Å². The van der Waals surface area contributed by atoms with Gasteiger partial charge in [0.15, 0.2) is 0 Å². The molecule has 106 valence electrons. The molecule has 2 saturated carbocycles. The van der Waals surface area contributed by atoms with Gasteiger partial charge in [-0.1, -0.05) is 32.4 Å². The minimum Gasteiger partial charge on any atom is -0.392 e. The van der Waals surface area contributed by atoms with Gasteiger partial charge in [0.1, 0.15) is 5.78 Å². The smallest absolute Gasteiger partial charge is 0.136 e. The number of rotatable bonds is 0. The van der Waals surface area contributed by atoms with Gasteiger partial charge in [-0.2, -0.15) is 0 Å². The van der Waals surface area contributed by atoms with E-state index in [1.165, 1.54) is 5.57 Å². The Hall–Kier alpha value is -0.630. The second-order valence-corrected chi connectivity index (χ2v) is 7.45. The fourth-order valence-electron chi connectivity index (χ4n) is 5.23. The molecule has 0 saturated heterocycles. The molecule has 0 heterocycles. The van der Waals surface area contributed by atoms with Crippen molar-refractivity contribution in [2.75, 3.05) is 0 Å². The summed E-state index contributed by atoms with van der Waals surface area (Å²) in [6.07, 6.45) is 7.92. The average molecular weight is 262 g/mol. The van der Waals surface area contributed by atoms with E-state index in [-0.39, 0.29) is 22.9 Å². The standard InChI is InChI=1S/C17H26O2/c1-11-12-7-9-17(3)14(5-4-6-15(17)19)16(12,2)10-8-13(11)18/h5,11-12,15,19H,4,6-10H2,1-3H3/t11?,12?,15?,16-,17?/m0/s1. The van der Waals surface area contributed by atoms with Crippen LogP contribution in [0.1, 0.15) is 59.3 Å². The van der Waals surface area contributed by atoms with Gasteiger partial charge in [-0.25, -0.2) is 0 Å². The number of hydrogen-bond acceptors (Lipinski definition) is 2. The summed E-state index contributed by atoms with van der Waals surface area (Å²) in [6, 6.07) is 0. The van der Waals surface area contributed by atoms with E-state index in [1.54, 1.807) is 0 Å². The molecular formula is C17H26O2. The van der Waals surface area contributed by atoms with Crippen LogP contribution in [0.25, 0.3) is 0 Å².